The molecule has 0 radical (unpaired) electrons. The van der Waals surface area contributed by atoms with Crippen molar-refractivity contribution in [1.29, 1.82) is 0 Å². The zero-order valence-electron chi connectivity index (χ0n) is 14.0. The lowest BCUT2D eigenvalue weighted by Crippen LogP contribution is -2.14. The van der Waals surface area contributed by atoms with E-state index >= 15 is 0 Å². The van der Waals surface area contributed by atoms with E-state index in [-0.39, 0.29) is 10.6 Å². The van der Waals surface area contributed by atoms with Gasteiger partial charge in [-0.25, -0.2) is 8.42 Å². The highest BCUT2D eigenvalue weighted by atomic mass is 35.5. The van der Waals surface area contributed by atoms with Crippen LogP contribution in [0.5, 0.6) is 5.75 Å². The topological polar surface area (TPSA) is 93.5 Å². The summed E-state index contributed by atoms with van der Waals surface area (Å²) in [5.41, 5.74) is 1.13. The van der Waals surface area contributed by atoms with E-state index in [2.05, 4.69) is 15.2 Å². The normalized spacial score (nSPS) is 11.2. The minimum Gasteiger partial charge on any atom is -0.495 e. The summed E-state index contributed by atoms with van der Waals surface area (Å²) in [4.78, 5) is -0.0345. The van der Waals surface area contributed by atoms with Crippen LogP contribution in [0.15, 0.2) is 57.9 Å². The molecule has 0 fully saturated rings. The fraction of sp³-hybridized carbons (Fsp3) is 0.118. The van der Waals surface area contributed by atoms with Crippen molar-refractivity contribution in [1.82, 2.24) is 5.16 Å². The zero-order chi connectivity index (χ0) is 18.7. The second-order valence-electron chi connectivity index (χ2n) is 5.43. The van der Waals surface area contributed by atoms with Crippen molar-refractivity contribution in [3.63, 3.8) is 0 Å². The van der Waals surface area contributed by atoms with E-state index in [0.29, 0.717) is 22.3 Å². The van der Waals surface area contributed by atoms with E-state index in [1.165, 1.54) is 19.2 Å². The maximum absolute atomic E-state index is 12.6. The Hall–Kier alpha value is -2.71. The van der Waals surface area contributed by atoms with E-state index in [4.69, 9.17) is 20.9 Å². The molecule has 1 aromatic heterocycles. The molecule has 9 heteroatoms. The molecule has 0 aliphatic rings. The molecule has 0 spiro atoms. The summed E-state index contributed by atoms with van der Waals surface area (Å²) in [6.07, 6.45) is 0. The number of hydrogen-bond donors (Lipinski definition) is 2. The van der Waals surface area contributed by atoms with Gasteiger partial charge in [0.2, 0.25) is 0 Å². The Morgan fingerprint density at radius 2 is 1.77 bits per heavy atom. The summed E-state index contributed by atoms with van der Waals surface area (Å²) >= 11 is 5.91. The van der Waals surface area contributed by atoms with Crippen LogP contribution in [-0.4, -0.2) is 20.7 Å². The smallest absolute Gasteiger partial charge is 0.265 e. The largest absolute Gasteiger partial charge is 0.495 e. The van der Waals surface area contributed by atoms with Crippen LogP contribution in [0.4, 0.5) is 17.2 Å². The Morgan fingerprint density at radius 3 is 2.38 bits per heavy atom. The van der Waals surface area contributed by atoms with Gasteiger partial charge in [0.05, 0.1) is 7.11 Å². The van der Waals surface area contributed by atoms with Gasteiger partial charge in [-0.2, -0.15) is 0 Å². The van der Waals surface area contributed by atoms with Gasteiger partial charge in [0.1, 0.15) is 16.4 Å². The van der Waals surface area contributed by atoms with Gasteiger partial charge in [-0.1, -0.05) is 16.8 Å². The first kappa shape index (κ1) is 18.1. The number of aryl methyl sites for hydroxylation is 1. The summed E-state index contributed by atoms with van der Waals surface area (Å²) in [6.45, 7) is 1.79. The molecule has 0 bridgehead atoms. The van der Waals surface area contributed by atoms with Crippen molar-refractivity contribution >= 4 is 38.8 Å². The second-order valence-corrected chi connectivity index (χ2v) is 7.51. The first-order valence-corrected chi connectivity index (χ1v) is 9.40. The van der Waals surface area contributed by atoms with Crippen LogP contribution >= 0.6 is 11.6 Å². The van der Waals surface area contributed by atoms with Gasteiger partial charge >= 0.3 is 0 Å². The number of halogens is 1. The zero-order valence-corrected chi connectivity index (χ0v) is 15.6. The molecule has 0 atom stereocenters. The van der Waals surface area contributed by atoms with E-state index in [1.807, 2.05) is 0 Å². The average molecular weight is 394 g/mol. The Kier molecular flexibility index (Phi) is 5.06. The third-order valence-electron chi connectivity index (χ3n) is 3.45. The van der Waals surface area contributed by atoms with Crippen molar-refractivity contribution < 1.29 is 17.7 Å². The molecule has 136 valence electrons. The van der Waals surface area contributed by atoms with Crippen LogP contribution < -0.4 is 14.8 Å². The predicted octanol–water partition coefficient (Wildman–Crippen LogP) is 4.19. The Bertz CT molecular complexity index is 1020. The number of nitrogens with zero attached hydrogens (tertiary/aromatic N) is 1. The van der Waals surface area contributed by atoms with Crippen LogP contribution in [0, 0.1) is 6.92 Å². The summed E-state index contributed by atoms with van der Waals surface area (Å²) in [7, 11) is -2.46. The van der Waals surface area contributed by atoms with E-state index in [9.17, 15) is 8.42 Å². The minimum absolute atomic E-state index is 0.0345. The van der Waals surface area contributed by atoms with Crippen molar-refractivity contribution in [3.05, 3.63) is 59.3 Å². The number of methoxy groups -OCH3 is 1. The summed E-state index contributed by atoms with van der Waals surface area (Å²) in [5, 5.41) is 7.19. The molecule has 26 heavy (non-hydrogen) atoms. The minimum atomic E-state index is -3.85. The van der Waals surface area contributed by atoms with Crippen molar-refractivity contribution in [2.75, 3.05) is 17.1 Å². The van der Waals surface area contributed by atoms with Gasteiger partial charge in [-0.3, -0.25) is 4.72 Å². The SMILES string of the molecule is COc1ccc(Cl)cc1S(=O)(=O)Nc1ccc(Nc2cc(C)on2)cc1. The molecule has 2 N–H and O–H groups in total. The molecule has 0 unspecified atom stereocenters. The van der Waals surface area contributed by atoms with Gasteiger partial charge < -0.3 is 14.6 Å². The average Bonchev–Trinajstić information content (AvgIpc) is 3.01. The van der Waals surface area contributed by atoms with E-state index < -0.39 is 10.0 Å². The molecule has 3 rings (SSSR count). The van der Waals surface area contributed by atoms with Crippen molar-refractivity contribution in [2.45, 2.75) is 11.8 Å². The Balaban J connectivity index is 1.79. The number of anilines is 3. The van der Waals surface area contributed by atoms with Crippen LogP contribution in [0.3, 0.4) is 0 Å². The number of sulfonamides is 1. The maximum atomic E-state index is 12.6. The molecule has 0 amide bonds. The second kappa shape index (κ2) is 7.27. The highest BCUT2D eigenvalue weighted by Crippen LogP contribution is 2.29. The molecule has 7 nitrogen and oxygen atoms in total. The van der Waals surface area contributed by atoms with E-state index in [0.717, 1.165) is 5.69 Å². The van der Waals surface area contributed by atoms with Gasteiger partial charge in [0, 0.05) is 22.5 Å². The number of ether oxygens (including phenoxy) is 1. The highest BCUT2D eigenvalue weighted by molar-refractivity contribution is 7.92. The fourth-order valence-electron chi connectivity index (χ4n) is 2.27. The molecule has 2 aromatic carbocycles. The van der Waals surface area contributed by atoms with Gasteiger partial charge in [0.25, 0.3) is 10.0 Å². The van der Waals surface area contributed by atoms with Crippen LogP contribution in [0.25, 0.3) is 0 Å². The lowest BCUT2D eigenvalue weighted by Gasteiger charge is -2.12. The lowest BCUT2D eigenvalue weighted by atomic mass is 10.3. The summed E-state index contributed by atoms with van der Waals surface area (Å²) in [6, 6.07) is 12.9. The van der Waals surface area contributed by atoms with Gasteiger partial charge in [-0.15, -0.1) is 0 Å². The third-order valence-corrected chi connectivity index (χ3v) is 5.09. The van der Waals surface area contributed by atoms with Crippen molar-refractivity contribution in [2.24, 2.45) is 0 Å². The monoisotopic (exact) mass is 393 g/mol. The highest BCUT2D eigenvalue weighted by Gasteiger charge is 2.20. The number of benzene rings is 2. The number of hydrogen-bond acceptors (Lipinski definition) is 6. The molecular formula is C17H16ClN3O4S. The molecule has 3 aromatic rings. The van der Waals surface area contributed by atoms with Crippen LogP contribution in [0.1, 0.15) is 5.76 Å². The molecule has 0 saturated carbocycles. The summed E-state index contributed by atoms with van der Waals surface area (Å²) < 4.78 is 37.8. The molecule has 0 aliphatic heterocycles. The Labute approximate surface area is 156 Å². The number of aromatic nitrogens is 1. The number of rotatable bonds is 6. The molecule has 0 aliphatic carbocycles. The predicted molar refractivity (Wildman–Crippen MR) is 99.8 cm³/mol. The first-order valence-electron chi connectivity index (χ1n) is 7.54. The Morgan fingerprint density at radius 1 is 1.08 bits per heavy atom. The standard InChI is InChI=1S/C17H16ClN3O4S/c1-11-9-17(20-25-11)19-13-4-6-14(7-5-13)21-26(22,23)16-10-12(18)3-8-15(16)24-2/h3-10,21H,1-2H3,(H,19,20). The fourth-order valence-corrected chi connectivity index (χ4v) is 3.76. The lowest BCUT2D eigenvalue weighted by molar-refractivity contribution is 0.400. The maximum Gasteiger partial charge on any atom is 0.265 e. The molecular weight excluding hydrogens is 378 g/mol. The number of nitrogens with one attached hydrogen (secondary N) is 2. The van der Waals surface area contributed by atoms with E-state index in [1.54, 1.807) is 43.3 Å². The van der Waals surface area contributed by atoms with Crippen LogP contribution in [-0.2, 0) is 10.0 Å². The van der Waals surface area contributed by atoms with Crippen molar-refractivity contribution in [3.8, 4) is 5.75 Å². The third kappa shape index (κ3) is 4.09. The molecule has 1 heterocycles. The summed E-state index contributed by atoms with van der Waals surface area (Å²) in [5.74, 6) is 1.47. The quantitative estimate of drug-likeness (QED) is 0.652. The first-order chi connectivity index (χ1) is 12.4. The van der Waals surface area contributed by atoms with Gasteiger partial charge in [-0.05, 0) is 49.4 Å². The molecule has 0 saturated heterocycles. The van der Waals surface area contributed by atoms with Crippen LogP contribution in [0.2, 0.25) is 5.02 Å². The van der Waals surface area contributed by atoms with Gasteiger partial charge in [0.15, 0.2) is 5.82 Å².